The Morgan fingerprint density at radius 3 is 2.22 bits per heavy atom. The fraction of sp³-hybridized carbons (Fsp3) is 0.500. The van der Waals surface area contributed by atoms with E-state index in [0.717, 1.165) is 17.9 Å². The van der Waals surface area contributed by atoms with Gasteiger partial charge in [0.25, 0.3) is 0 Å². The molecule has 2 aromatic rings. The van der Waals surface area contributed by atoms with Crippen LogP contribution in [0.25, 0.3) is 0 Å². The third kappa shape index (κ3) is 8.08. The van der Waals surface area contributed by atoms with Gasteiger partial charge < -0.3 is 19.2 Å². The molecule has 5 nitrogen and oxygen atoms in total. The van der Waals surface area contributed by atoms with E-state index in [4.69, 9.17) is 13.9 Å². The van der Waals surface area contributed by atoms with E-state index in [1.54, 1.807) is 0 Å². The summed E-state index contributed by atoms with van der Waals surface area (Å²) in [6, 6.07) is 18.1. The van der Waals surface area contributed by atoms with Gasteiger partial charge in [0, 0.05) is 12.6 Å². The van der Waals surface area contributed by atoms with Crippen molar-refractivity contribution in [2.24, 2.45) is 0 Å². The van der Waals surface area contributed by atoms with Crippen LogP contribution in [0, 0.1) is 0 Å². The second-order valence-corrected chi connectivity index (χ2v) is 14.6. The summed E-state index contributed by atoms with van der Waals surface area (Å²) < 4.78 is 17.4. The number of benzene rings is 2. The van der Waals surface area contributed by atoms with Gasteiger partial charge in [0.1, 0.15) is 12.4 Å². The van der Waals surface area contributed by atoms with Gasteiger partial charge in [0.05, 0.1) is 19.6 Å². The molecule has 0 aromatic heterocycles. The number of hydrogen-bond acceptors (Lipinski definition) is 5. The van der Waals surface area contributed by atoms with Gasteiger partial charge >= 0.3 is 5.97 Å². The normalized spacial score (nSPS) is 14.0. The van der Waals surface area contributed by atoms with Crippen LogP contribution in [-0.4, -0.2) is 40.6 Å². The van der Waals surface area contributed by atoms with Crippen molar-refractivity contribution >= 4 is 14.3 Å². The Morgan fingerprint density at radius 2 is 1.66 bits per heavy atom. The number of carbonyl (C=O) groups excluding carboxylic acids is 1. The Labute approximate surface area is 194 Å². The molecule has 0 aliphatic heterocycles. The minimum Gasteiger partial charge on any atom is -0.492 e. The van der Waals surface area contributed by atoms with Crippen LogP contribution in [0.3, 0.4) is 0 Å². The fourth-order valence-electron chi connectivity index (χ4n) is 2.96. The molecule has 176 valence electrons. The average molecular weight is 458 g/mol. The first-order valence-electron chi connectivity index (χ1n) is 11.3. The average Bonchev–Trinajstić information content (AvgIpc) is 2.75. The smallest absolute Gasteiger partial charge is 0.309 e. The minimum absolute atomic E-state index is 0.00264. The minimum atomic E-state index is -1.92. The molecule has 1 N–H and O–H groups in total. The quantitative estimate of drug-likeness (QED) is 0.355. The molecule has 0 aliphatic rings. The molecule has 6 heteroatoms. The van der Waals surface area contributed by atoms with E-state index in [1.807, 2.05) is 30.3 Å². The molecule has 0 fully saturated rings. The molecule has 0 bridgehead atoms. The highest BCUT2D eigenvalue weighted by molar-refractivity contribution is 6.74. The number of ether oxygens (including phenoxy) is 2. The summed E-state index contributed by atoms with van der Waals surface area (Å²) in [6.45, 7) is 14.8. The van der Waals surface area contributed by atoms with Crippen LogP contribution in [0.1, 0.15) is 44.9 Å². The van der Waals surface area contributed by atoms with Crippen LogP contribution in [0.15, 0.2) is 54.6 Å². The lowest BCUT2D eigenvalue weighted by Crippen LogP contribution is -2.44. The molecule has 0 spiro atoms. The van der Waals surface area contributed by atoms with E-state index in [1.165, 1.54) is 12.7 Å². The standard InChI is InChI=1S/C26H39NO4Si/c1-20(19-30-23-15-13-21(14-16-23)17-25(28)29-5)27-18-24(22-11-9-8-10-12-22)31-32(6,7)26(2,3)4/h8-16,20,24,27H,17-19H2,1-7H3/t20-,24+/m0/s1. The molecule has 2 atom stereocenters. The third-order valence-electron chi connectivity index (χ3n) is 6.07. The molecule has 0 radical (unpaired) electrons. The number of hydrogen-bond donors (Lipinski definition) is 1. The Morgan fingerprint density at radius 1 is 1.03 bits per heavy atom. The topological polar surface area (TPSA) is 56.8 Å². The highest BCUT2D eigenvalue weighted by Crippen LogP contribution is 2.39. The van der Waals surface area contributed by atoms with Crippen LogP contribution < -0.4 is 10.1 Å². The number of carbonyl (C=O) groups is 1. The number of methoxy groups -OCH3 is 1. The zero-order valence-corrected chi connectivity index (χ0v) is 21.6. The largest absolute Gasteiger partial charge is 0.492 e. The summed E-state index contributed by atoms with van der Waals surface area (Å²) in [5.41, 5.74) is 2.10. The van der Waals surface area contributed by atoms with Crippen molar-refractivity contribution in [2.45, 2.75) is 64.4 Å². The summed E-state index contributed by atoms with van der Waals surface area (Å²) in [6.07, 6.45) is 0.265. The Hall–Kier alpha value is -2.15. The summed E-state index contributed by atoms with van der Waals surface area (Å²) in [4.78, 5) is 11.4. The predicted octanol–water partition coefficient (Wildman–Crippen LogP) is 5.52. The Bertz CT molecular complexity index is 831. The molecule has 0 heterocycles. The van der Waals surface area contributed by atoms with Gasteiger partial charge in [-0.2, -0.15) is 0 Å². The predicted molar refractivity (Wildman–Crippen MR) is 133 cm³/mol. The van der Waals surface area contributed by atoms with Crippen molar-refractivity contribution in [1.82, 2.24) is 5.32 Å². The summed E-state index contributed by atoms with van der Waals surface area (Å²) in [7, 11) is -0.521. The molecule has 0 saturated carbocycles. The molecule has 0 aliphatic carbocycles. The van der Waals surface area contributed by atoms with Gasteiger partial charge in [0.2, 0.25) is 0 Å². The van der Waals surface area contributed by atoms with E-state index in [2.05, 4.69) is 70.4 Å². The lowest BCUT2D eigenvalue weighted by Gasteiger charge is -2.39. The second-order valence-electron chi connectivity index (χ2n) is 9.79. The van der Waals surface area contributed by atoms with Crippen LogP contribution in [0.2, 0.25) is 18.1 Å². The first-order valence-corrected chi connectivity index (χ1v) is 14.2. The zero-order chi connectivity index (χ0) is 23.8. The summed E-state index contributed by atoms with van der Waals surface area (Å²) in [5.74, 6) is 0.536. The van der Waals surface area contributed by atoms with Crippen LogP contribution in [0.4, 0.5) is 0 Å². The zero-order valence-electron chi connectivity index (χ0n) is 20.6. The number of nitrogens with one attached hydrogen (secondary N) is 1. The molecule has 2 aromatic carbocycles. The van der Waals surface area contributed by atoms with Crippen molar-refractivity contribution in [3.05, 3.63) is 65.7 Å². The van der Waals surface area contributed by atoms with Gasteiger partial charge in [-0.3, -0.25) is 4.79 Å². The van der Waals surface area contributed by atoms with Crippen LogP contribution >= 0.6 is 0 Å². The highest BCUT2D eigenvalue weighted by Gasteiger charge is 2.39. The first-order chi connectivity index (χ1) is 15.0. The van der Waals surface area contributed by atoms with Crippen molar-refractivity contribution in [3.63, 3.8) is 0 Å². The molecule has 2 rings (SSSR count). The van der Waals surface area contributed by atoms with Crippen molar-refractivity contribution in [3.8, 4) is 5.75 Å². The van der Waals surface area contributed by atoms with Gasteiger partial charge in [0.15, 0.2) is 8.32 Å². The van der Waals surface area contributed by atoms with Gasteiger partial charge in [-0.1, -0.05) is 63.2 Å². The van der Waals surface area contributed by atoms with Crippen LogP contribution in [-0.2, 0) is 20.4 Å². The van der Waals surface area contributed by atoms with Gasteiger partial charge in [-0.15, -0.1) is 0 Å². The lowest BCUT2D eigenvalue weighted by atomic mass is 10.1. The monoisotopic (exact) mass is 457 g/mol. The van der Waals surface area contributed by atoms with Crippen molar-refractivity contribution in [1.29, 1.82) is 0 Å². The maximum Gasteiger partial charge on any atom is 0.309 e. The second kappa shape index (κ2) is 11.6. The van der Waals surface area contributed by atoms with E-state index >= 15 is 0 Å². The van der Waals surface area contributed by atoms with Crippen molar-refractivity contribution < 1.29 is 18.7 Å². The molecular weight excluding hydrogens is 418 g/mol. The van der Waals surface area contributed by atoms with E-state index in [0.29, 0.717) is 6.61 Å². The maximum atomic E-state index is 11.4. The van der Waals surface area contributed by atoms with E-state index in [9.17, 15) is 4.79 Å². The first kappa shape index (κ1) is 26.1. The third-order valence-corrected chi connectivity index (χ3v) is 10.6. The van der Waals surface area contributed by atoms with Gasteiger partial charge in [-0.05, 0) is 48.3 Å². The fourth-order valence-corrected chi connectivity index (χ4v) is 4.24. The van der Waals surface area contributed by atoms with Crippen LogP contribution in [0.5, 0.6) is 5.75 Å². The van der Waals surface area contributed by atoms with E-state index < -0.39 is 8.32 Å². The SMILES string of the molecule is COC(=O)Cc1ccc(OC[C@H](C)NC[C@@H](O[Si](C)(C)C(C)(C)C)c2ccccc2)cc1. The van der Waals surface area contributed by atoms with E-state index in [-0.39, 0.29) is 29.6 Å². The number of rotatable bonds is 11. The van der Waals surface area contributed by atoms with Gasteiger partial charge in [-0.25, -0.2) is 0 Å². The Kier molecular flexibility index (Phi) is 9.49. The van der Waals surface area contributed by atoms with Crippen molar-refractivity contribution in [2.75, 3.05) is 20.3 Å². The summed E-state index contributed by atoms with van der Waals surface area (Å²) >= 11 is 0. The molecule has 32 heavy (non-hydrogen) atoms. The number of esters is 1. The molecule has 0 saturated heterocycles. The molecule has 0 unspecified atom stereocenters. The summed E-state index contributed by atoms with van der Waals surface area (Å²) in [5, 5.41) is 3.73. The molecular formula is C26H39NO4Si. The lowest BCUT2D eigenvalue weighted by molar-refractivity contribution is -0.139. The Balaban J connectivity index is 1.92. The maximum absolute atomic E-state index is 11.4. The highest BCUT2D eigenvalue weighted by atomic mass is 28.4. The molecule has 0 amide bonds.